The van der Waals surface area contributed by atoms with E-state index in [1.54, 1.807) is 0 Å². The van der Waals surface area contributed by atoms with Crippen molar-refractivity contribution in [1.82, 2.24) is 14.8 Å². The van der Waals surface area contributed by atoms with Crippen LogP contribution in [0.15, 0.2) is 17.1 Å². The first-order valence-electron chi connectivity index (χ1n) is 10.2. The van der Waals surface area contributed by atoms with Crippen LogP contribution in [-0.2, 0) is 22.6 Å². The molecule has 2 aromatic rings. The summed E-state index contributed by atoms with van der Waals surface area (Å²) in [5.74, 6) is -1.01. The van der Waals surface area contributed by atoms with Crippen molar-refractivity contribution in [2.75, 3.05) is 10.6 Å². The molecule has 0 bridgehead atoms. The molecule has 1 aliphatic carbocycles. The van der Waals surface area contributed by atoms with Gasteiger partial charge in [0.2, 0.25) is 22.8 Å². The Balaban J connectivity index is 1.47. The summed E-state index contributed by atoms with van der Waals surface area (Å²) in [5.41, 5.74) is -0.795. The third kappa shape index (κ3) is 6.19. The Hall–Kier alpha value is -2.62. The minimum atomic E-state index is -0.929. The third-order valence-electron chi connectivity index (χ3n) is 5.12. The summed E-state index contributed by atoms with van der Waals surface area (Å²) in [6.07, 6.45) is 8.27. The first kappa shape index (κ1) is 22.1. The molecule has 8 nitrogen and oxygen atoms in total. The quantitative estimate of drug-likeness (QED) is 0.588. The van der Waals surface area contributed by atoms with Crippen molar-refractivity contribution in [2.24, 2.45) is 5.92 Å². The standard InChI is InChI=1S/C20H26FN5O3S/c1-13(27)22-20-25-24-17(30-20)8-4-5-10-26-11-9-15(18(21)19(26)29)23-16(28)12-14-6-2-3-7-14/h9,11,14H,2-8,10,12H2,1H3,(H,23,28)(H,22,25,27). The first-order valence-corrected chi connectivity index (χ1v) is 11.0. The zero-order valence-corrected chi connectivity index (χ0v) is 17.8. The van der Waals surface area contributed by atoms with E-state index in [2.05, 4.69) is 20.8 Å². The van der Waals surface area contributed by atoms with Crippen LogP contribution in [-0.4, -0.2) is 26.6 Å². The van der Waals surface area contributed by atoms with Crippen LogP contribution in [0.3, 0.4) is 0 Å². The van der Waals surface area contributed by atoms with Gasteiger partial charge < -0.3 is 15.2 Å². The minimum absolute atomic E-state index is 0.0568. The molecule has 1 fully saturated rings. The molecule has 1 saturated carbocycles. The molecule has 162 valence electrons. The maximum Gasteiger partial charge on any atom is 0.288 e. The highest BCUT2D eigenvalue weighted by molar-refractivity contribution is 7.15. The monoisotopic (exact) mass is 435 g/mol. The van der Waals surface area contributed by atoms with Crippen molar-refractivity contribution in [3.8, 4) is 0 Å². The van der Waals surface area contributed by atoms with E-state index in [1.807, 2.05) is 0 Å². The van der Waals surface area contributed by atoms with Crippen LogP contribution in [0, 0.1) is 11.7 Å². The molecule has 2 amide bonds. The molecule has 0 spiro atoms. The number of nitrogens with zero attached hydrogens (tertiary/aromatic N) is 3. The molecule has 1 aliphatic rings. The van der Waals surface area contributed by atoms with E-state index in [1.165, 1.54) is 35.1 Å². The highest BCUT2D eigenvalue weighted by atomic mass is 32.1. The highest BCUT2D eigenvalue weighted by Crippen LogP contribution is 2.27. The summed E-state index contributed by atoms with van der Waals surface area (Å²) in [6.45, 7) is 1.77. The topological polar surface area (TPSA) is 106 Å². The van der Waals surface area contributed by atoms with Crippen LogP contribution in [0.2, 0.25) is 0 Å². The molecule has 2 N–H and O–H groups in total. The molecule has 10 heteroatoms. The fourth-order valence-electron chi connectivity index (χ4n) is 3.61. The van der Waals surface area contributed by atoms with E-state index in [0.29, 0.717) is 36.9 Å². The van der Waals surface area contributed by atoms with Gasteiger partial charge >= 0.3 is 0 Å². The lowest BCUT2D eigenvalue weighted by atomic mass is 10.0. The normalized spacial score (nSPS) is 14.1. The number of amides is 2. The van der Waals surface area contributed by atoms with E-state index in [9.17, 15) is 18.8 Å². The second-order valence-corrected chi connectivity index (χ2v) is 8.65. The molecule has 0 unspecified atom stereocenters. The number of pyridine rings is 1. The maximum absolute atomic E-state index is 14.4. The number of unbranched alkanes of at least 4 members (excludes halogenated alkanes) is 1. The van der Waals surface area contributed by atoms with Crippen molar-refractivity contribution in [3.63, 3.8) is 0 Å². The molecular formula is C20H26FN5O3S. The number of rotatable bonds is 9. The van der Waals surface area contributed by atoms with Gasteiger partial charge in [0.1, 0.15) is 5.01 Å². The summed E-state index contributed by atoms with van der Waals surface area (Å²) in [4.78, 5) is 35.4. The number of hydrogen-bond donors (Lipinski definition) is 2. The number of nitrogens with one attached hydrogen (secondary N) is 2. The molecule has 2 aromatic heterocycles. The predicted octanol–water partition coefficient (Wildman–Crippen LogP) is 3.34. The number of carbonyl (C=O) groups is 2. The molecule has 0 aromatic carbocycles. The van der Waals surface area contributed by atoms with Gasteiger partial charge in [0, 0.05) is 32.5 Å². The van der Waals surface area contributed by atoms with Gasteiger partial charge in [0.15, 0.2) is 0 Å². The van der Waals surface area contributed by atoms with Crippen LogP contribution in [0.4, 0.5) is 15.2 Å². The highest BCUT2D eigenvalue weighted by Gasteiger charge is 2.20. The Morgan fingerprint density at radius 3 is 2.73 bits per heavy atom. The maximum atomic E-state index is 14.4. The third-order valence-corrected chi connectivity index (χ3v) is 6.02. The lowest BCUT2D eigenvalue weighted by Crippen LogP contribution is -2.25. The van der Waals surface area contributed by atoms with Gasteiger partial charge in [-0.25, -0.2) is 0 Å². The van der Waals surface area contributed by atoms with Crippen LogP contribution < -0.4 is 16.2 Å². The minimum Gasteiger partial charge on any atom is -0.323 e. The van der Waals surface area contributed by atoms with Crippen LogP contribution in [0.25, 0.3) is 0 Å². The number of anilines is 2. The first-order chi connectivity index (χ1) is 14.4. The average molecular weight is 436 g/mol. The molecule has 3 rings (SSSR count). The van der Waals surface area contributed by atoms with E-state index in [-0.39, 0.29) is 17.5 Å². The summed E-state index contributed by atoms with van der Waals surface area (Å²) in [7, 11) is 0. The summed E-state index contributed by atoms with van der Waals surface area (Å²) < 4.78 is 15.7. The van der Waals surface area contributed by atoms with Gasteiger partial charge in [-0.3, -0.25) is 14.4 Å². The smallest absolute Gasteiger partial charge is 0.288 e. The van der Waals surface area contributed by atoms with Gasteiger partial charge in [0.25, 0.3) is 5.56 Å². The van der Waals surface area contributed by atoms with Crippen molar-refractivity contribution >= 4 is 34.0 Å². The molecule has 30 heavy (non-hydrogen) atoms. The zero-order valence-electron chi connectivity index (χ0n) is 16.9. The Kier molecular flexibility index (Phi) is 7.67. The molecular weight excluding hydrogens is 409 g/mol. The zero-order chi connectivity index (χ0) is 21.5. The van der Waals surface area contributed by atoms with Crippen molar-refractivity contribution in [3.05, 3.63) is 33.4 Å². The van der Waals surface area contributed by atoms with Crippen molar-refractivity contribution in [1.29, 1.82) is 0 Å². The predicted molar refractivity (Wildman–Crippen MR) is 113 cm³/mol. The number of carbonyl (C=O) groups excluding carboxylic acids is 2. The number of hydrogen-bond acceptors (Lipinski definition) is 6. The number of aryl methyl sites for hydroxylation is 2. The van der Waals surface area contributed by atoms with E-state index < -0.39 is 11.4 Å². The molecule has 2 heterocycles. The SMILES string of the molecule is CC(=O)Nc1nnc(CCCCn2ccc(NC(=O)CC3CCCC3)c(F)c2=O)s1. The van der Waals surface area contributed by atoms with Gasteiger partial charge in [-0.15, -0.1) is 10.2 Å². The number of aromatic nitrogens is 3. The Morgan fingerprint density at radius 2 is 2.00 bits per heavy atom. The Morgan fingerprint density at radius 1 is 1.23 bits per heavy atom. The lowest BCUT2D eigenvalue weighted by Gasteiger charge is -2.11. The van der Waals surface area contributed by atoms with E-state index in [0.717, 1.165) is 37.1 Å². The second-order valence-electron chi connectivity index (χ2n) is 7.58. The van der Waals surface area contributed by atoms with Gasteiger partial charge in [-0.1, -0.05) is 24.2 Å². The van der Waals surface area contributed by atoms with Gasteiger partial charge in [-0.05, 0) is 37.7 Å². The largest absolute Gasteiger partial charge is 0.323 e. The summed E-state index contributed by atoms with van der Waals surface area (Å²) >= 11 is 1.31. The van der Waals surface area contributed by atoms with Crippen molar-refractivity contribution < 1.29 is 14.0 Å². The van der Waals surface area contributed by atoms with Gasteiger partial charge in [-0.2, -0.15) is 4.39 Å². The van der Waals surface area contributed by atoms with Crippen molar-refractivity contribution in [2.45, 2.75) is 64.8 Å². The second kappa shape index (κ2) is 10.4. The Labute approximate surface area is 177 Å². The van der Waals surface area contributed by atoms with Gasteiger partial charge in [0.05, 0.1) is 5.69 Å². The van der Waals surface area contributed by atoms with Crippen LogP contribution in [0.5, 0.6) is 0 Å². The summed E-state index contributed by atoms with van der Waals surface area (Å²) in [5, 5.41) is 14.3. The van der Waals surface area contributed by atoms with Crippen LogP contribution >= 0.6 is 11.3 Å². The van der Waals surface area contributed by atoms with E-state index >= 15 is 0 Å². The average Bonchev–Trinajstić information content (AvgIpc) is 3.36. The molecule has 0 aliphatic heterocycles. The number of halogens is 1. The molecule has 0 saturated heterocycles. The molecule has 0 atom stereocenters. The summed E-state index contributed by atoms with van der Waals surface area (Å²) in [6, 6.07) is 1.44. The fourth-order valence-corrected chi connectivity index (χ4v) is 4.44. The van der Waals surface area contributed by atoms with E-state index in [4.69, 9.17) is 0 Å². The lowest BCUT2D eigenvalue weighted by molar-refractivity contribution is -0.117. The fraction of sp³-hybridized carbons (Fsp3) is 0.550. The van der Waals surface area contributed by atoms with Crippen LogP contribution in [0.1, 0.15) is 56.9 Å². The molecule has 0 radical (unpaired) electrons. The Bertz CT molecular complexity index is 952.